The minimum Gasteiger partial charge on any atom is -0.507 e. The van der Waals surface area contributed by atoms with E-state index >= 15 is 0 Å². The monoisotopic (exact) mass is 630 g/mol. The molecule has 250 valence electrons. The normalized spacial score (nSPS) is 12.6. The van der Waals surface area contributed by atoms with Crippen molar-refractivity contribution >= 4 is 11.9 Å². The van der Waals surface area contributed by atoms with Gasteiger partial charge >= 0.3 is 11.9 Å². The molecular formula is C40H54O6. The summed E-state index contributed by atoms with van der Waals surface area (Å²) in [5.74, 6) is -0.249. The van der Waals surface area contributed by atoms with Crippen molar-refractivity contribution in [2.24, 2.45) is 10.8 Å². The van der Waals surface area contributed by atoms with Crippen molar-refractivity contribution in [1.82, 2.24) is 0 Å². The molecular weight excluding hydrogens is 576 g/mol. The lowest BCUT2D eigenvalue weighted by molar-refractivity contribution is 0.0330. The Bertz CT molecular complexity index is 1440. The van der Waals surface area contributed by atoms with Gasteiger partial charge in [0, 0.05) is 10.8 Å². The van der Waals surface area contributed by atoms with Crippen LogP contribution in [0.4, 0.5) is 0 Å². The second kappa shape index (κ2) is 13.5. The van der Waals surface area contributed by atoms with Crippen molar-refractivity contribution in [3.63, 3.8) is 0 Å². The van der Waals surface area contributed by atoms with Gasteiger partial charge in [-0.25, -0.2) is 9.59 Å². The van der Waals surface area contributed by atoms with Gasteiger partial charge in [-0.15, -0.1) is 0 Å². The quantitative estimate of drug-likeness (QED) is 0.217. The van der Waals surface area contributed by atoms with E-state index in [9.17, 15) is 19.8 Å². The number of benzene rings is 3. The van der Waals surface area contributed by atoms with Gasteiger partial charge in [0.15, 0.2) is 0 Å². The number of phenols is 2. The summed E-state index contributed by atoms with van der Waals surface area (Å²) in [5, 5.41) is 21.1. The van der Waals surface area contributed by atoms with Gasteiger partial charge in [0.25, 0.3) is 0 Å². The third-order valence-electron chi connectivity index (χ3n) is 8.25. The van der Waals surface area contributed by atoms with E-state index in [0.29, 0.717) is 35.5 Å². The largest absolute Gasteiger partial charge is 0.507 e. The van der Waals surface area contributed by atoms with Crippen molar-refractivity contribution in [1.29, 1.82) is 0 Å². The molecule has 3 aromatic carbocycles. The zero-order valence-corrected chi connectivity index (χ0v) is 30.0. The van der Waals surface area contributed by atoms with Gasteiger partial charge in [0.2, 0.25) is 0 Å². The maximum Gasteiger partial charge on any atom is 0.338 e. The first kappa shape index (κ1) is 36.7. The average Bonchev–Trinajstić information content (AvgIpc) is 2.92. The Kier molecular flexibility index (Phi) is 10.8. The van der Waals surface area contributed by atoms with Crippen molar-refractivity contribution in [3.8, 4) is 11.5 Å². The molecule has 6 nitrogen and oxygen atoms in total. The molecule has 0 aromatic heterocycles. The first-order valence-electron chi connectivity index (χ1n) is 16.1. The highest BCUT2D eigenvalue weighted by Gasteiger charge is 2.27. The minimum absolute atomic E-state index is 0.195. The summed E-state index contributed by atoms with van der Waals surface area (Å²) >= 11 is 0. The Morgan fingerprint density at radius 2 is 0.870 bits per heavy atom. The van der Waals surface area contributed by atoms with E-state index in [1.165, 1.54) is 0 Å². The number of carbonyl (C=O) groups is 2. The molecule has 3 rings (SSSR count). The molecule has 0 atom stereocenters. The SMILES string of the molecule is Cc1cc(CC(C)(C)COC(=O)c2ccc(C(=O)OCC(C)(C)Cc3cc(C)c(O)c(C(C)(C)C)c3)cc2)cc(C(C)(C)C)c1O. The van der Waals surface area contributed by atoms with Crippen molar-refractivity contribution in [2.45, 2.75) is 107 Å². The number of hydrogen-bond donors (Lipinski definition) is 2. The number of rotatable bonds is 10. The zero-order chi connectivity index (χ0) is 34.8. The van der Waals surface area contributed by atoms with Gasteiger partial charge in [-0.2, -0.15) is 0 Å². The maximum atomic E-state index is 12.9. The molecule has 0 radical (unpaired) electrons. The lowest BCUT2D eigenvalue weighted by Crippen LogP contribution is -2.25. The molecule has 0 bridgehead atoms. The van der Waals surface area contributed by atoms with Crippen LogP contribution in [0.15, 0.2) is 48.5 Å². The van der Waals surface area contributed by atoms with E-state index in [1.54, 1.807) is 24.3 Å². The number of aromatic hydroxyl groups is 2. The fourth-order valence-electron chi connectivity index (χ4n) is 5.69. The second-order valence-corrected chi connectivity index (χ2v) is 16.5. The van der Waals surface area contributed by atoms with Crippen LogP contribution in [0.2, 0.25) is 0 Å². The molecule has 0 amide bonds. The number of hydrogen-bond acceptors (Lipinski definition) is 6. The van der Waals surface area contributed by atoms with Gasteiger partial charge < -0.3 is 19.7 Å². The summed E-state index contributed by atoms with van der Waals surface area (Å²) in [6.07, 6.45) is 1.35. The number of ether oxygens (including phenoxy) is 2. The molecule has 0 heterocycles. The number of aryl methyl sites for hydroxylation is 2. The number of carbonyl (C=O) groups excluding carboxylic acids is 2. The van der Waals surface area contributed by atoms with E-state index < -0.39 is 11.9 Å². The molecule has 0 aliphatic rings. The van der Waals surface area contributed by atoms with Crippen LogP contribution in [-0.2, 0) is 33.1 Å². The molecule has 2 N–H and O–H groups in total. The van der Waals surface area contributed by atoms with Gasteiger partial charge in [-0.1, -0.05) is 93.5 Å². The van der Waals surface area contributed by atoms with Crippen LogP contribution in [0.1, 0.15) is 123 Å². The van der Waals surface area contributed by atoms with E-state index in [4.69, 9.17) is 9.47 Å². The van der Waals surface area contributed by atoms with E-state index in [1.807, 2.05) is 65.8 Å². The van der Waals surface area contributed by atoms with Crippen LogP contribution in [0, 0.1) is 24.7 Å². The second-order valence-electron chi connectivity index (χ2n) is 16.5. The van der Waals surface area contributed by atoms with Gasteiger partial charge in [-0.05, 0) is 95.2 Å². The van der Waals surface area contributed by atoms with Gasteiger partial charge in [-0.3, -0.25) is 0 Å². The van der Waals surface area contributed by atoms with Crippen LogP contribution in [0.5, 0.6) is 11.5 Å². The third-order valence-corrected chi connectivity index (χ3v) is 8.25. The van der Waals surface area contributed by atoms with Crippen LogP contribution in [-0.4, -0.2) is 35.4 Å². The predicted molar refractivity (Wildman–Crippen MR) is 185 cm³/mol. The average molecular weight is 631 g/mol. The smallest absolute Gasteiger partial charge is 0.338 e. The maximum absolute atomic E-state index is 12.9. The van der Waals surface area contributed by atoms with Crippen LogP contribution in [0.25, 0.3) is 0 Å². The van der Waals surface area contributed by atoms with E-state index in [0.717, 1.165) is 33.4 Å². The highest BCUT2D eigenvalue weighted by atomic mass is 16.5. The van der Waals surface area contributed by atoms with Gasteiger partial charge in [0.05, 0.1) is 24.3 Å². The van der Waals surface area contributed by atoms with Crippen molar-refractivity contribution in [2.75, 3.05) is 13.2 Å². The zero-order valence-electron chi connectivity index (χ0n) is 30.0. The fourth-order valence-corrected chi connectivity index (χ4v) is 5.69. The lowest BCUT2D eigenvalue weighted by atomic mass is 9.80. The first-order valence-corrected chi connectivity index (χ1v) is 16.1. The Labute approximate surface area is 276 Å². The number of phenolic OH excluding ortho intramolecular Hbond substituents is 2. The van der Waals surface area contributed by atoms with Crippen LogP contribution in [0.3, 0.4) is 0 Å². The molecule has 0 fully saturated rings. The molecule has 0 spiro atoms. The topological polar surface area (TPSA) is 93.1 Å². The van der Waals surface area contributed by atoms with E-state index in [2.05, 4.69) is 41.5 Å². The Morgan fingerprint density at radius 1 is 0.565 bits per heavy atom. The highest BCUT2D eigenvalue weighted by Crippen LogP contribution is 2.37. The molecule has 0 unspecified atom stereocenters. The molecule has 0 aliphatic heterocycles. The minimum atomic E-state index is -0.454. The van der Waals surface area contributed by atoms with Crippen LogP contribution >= 0.6 is 0 Å². The first-order chi connectivity index (χ1) is 21.0. The molecule has 3 aromatic rings. The summed E-state index contributed by atoms with van der Waals surface area (Å²) in [7, 11) is 0. The Balaban J connectivity index is 1.58. The summed E-state index contributed by atoms with van der Waals surface area (Å²) in [4.78, 5) is 25.8. The van der Waals surface area contributed by atoms with Gasteiger partial charge in [0.1, 0.15) is 11.5 Å². The Morgan fingerprint density at radius 3 is 1.15 bits per heavy atom. The lowest BCUT2D eigenvalue weighted by Gasteiger charge is -2.27. The summed E-state index contributed by atoms with van der Waals surface area (Å²) in [5.41, 5.74) is 5.30. The highest BCUT2D eigenvalue weighted by molar-refractivity contribution is 5.93. The summed E-state index contributed by atoms with van der Waals surface area (Å²) in [6.45, 7) is 24.9. The Hall–Kier alpha value is -3.80. The molecule has 0 saturated heterocycles. The summed E-state index contributed by atoms with van der Waals surface area (Å²) in [6, 6.07) is 14.4. The van der Waals surface area contributed by atoms with Crippen molar-refractivity contribution in [3.05, 3.63) is 93.0 Å². The standard InChI is InChI=1S/C40H54O6/c1-25-17-27(19-31(33(25)41)37(3,4)5)21-39(9,10)23-45-35(43)29-13-15-30(16-14-29)36(44)46-24-40(11,12)22-28-18-26(2)34(42)32(20-28)38(6,7)8/h13-20,41-42H,21-24H2,1-12H3. The number of esters is 2. The van der Waals surface area contributed by atoms with Crippen LogP contribution < -0.4 is 0 Å². The van der Waals surface area contributed by atoms with E-state index in [-0.39, 0.29) is 34.9 Å². The predicted octanol–water partition coefficient (Wildman–Crippen LogP) is 9.16. The van der Waals surface area contributed by atoms with Crippen molar-refractivity contribution < 1.29 is 29.3 Å². The molecule has 46 heavy (non-hydrogen) atoms. The molecule has 0 aliphatic carbocycles. The summed E-state index contributed by atoms with van der Waals surface area (Å²) < 4.78 is 11.4. The third kappa shape index (κ3) is 9.60. The fraction of sp³-hybridized carbons (Fsp3) is 0.500. The molecule has 0 saturated carbocycles. The molecule has 6 heteroatoms.